The van der Waals surface area contributed by atoms with Gasteiger partial charge in [-0.15, -0.1) is 0 Å². The van der Waals surface area contributed by atoms with Crippen molar-refractivity contribution in [2.24, 2.45) is 15.1 Å². The number of allylic oxidation sites excluding steroid dienone is 2. The number of halogens is 5. The standard InChI is InChI=1S/C27H33F5N8O.C2H6/c1-5-6-19(38-34-4)7-8-35-23(33-3)15-24(40-11-9-39(10-12-40)16-27(30,31)32)36-17-41-22-14-21(28)26-20(25(22)29)13-18(2)37-26;1-2/h5-7,13-15,35,37-38H,3-4,8-12,16-17H2,1-2H3;1-2H3/b6-5+,19-7-,23-15+,36-24+;. The smallest absolute Gasteiger partial charge is 0.401 e. The van der Waals surface area contributed by atoms with Crippen LogP contribution in [0.2, 0.25) is 0 Å². The van der Waals surface area contributed by atoms with Crippen LogP contribution in [0.1, 0.15) is 26.5 Å². The molecule has 2 heterocycles. The van der Waals surface area contributed by atoms with E-state index in [1.165, 1.54) is 11.0 Å². The van der Waals surface area contributed by atoms with Gasteiger partial charge in [0.2, 0.25) is 0 Å². The first-order valence-corrected chi connectivity index (χ1v) is 13.7. The molecule has 1 saturated heterocycles. The number of hydrogen-bond donors (Lipinski definition) is 3. The van der Waals surface area contributed by atoms with Crippen molar-refractivity contribution in [1.82, 2.24) is 25.5 Å². The molecule has 0 spiro atoms. The lowest BCUT2D eigenvalue weighted by Gasteiger charge is -2.36. The molecule has 0 aliphatic carbocycles. The number of aromatic nitrogens is 1. The molecule has 236 valence electrons. The maximum absolute atomic E-state index is 15.0. The third-order valence-electron chi connectivity index (χ3n) is 6.04. The summed E-state index contributed by atoms with van der Waals surface area (Å²) in [5.74, 6) is -1.08. The lowest BCUT2D eigenvalue weighted by molar-refractivity contribution is -0.148. The molecule has 0 unspecified atom stereocenters. The van der Waals surface area contributed by atoms with Crippen molar-refractivity contribution in [2.75, 3.05) is 46.0 Å². The van der Waals surface area contributed by atoms with Gasteiger partial charge in [0.25, 0.3) is 0 Å². The van der Waals surface area contributed by atoms with E-state index >= 15 is 0 Å². The Labute approximate surface area is 248 Å². The molecule has 3 rings (SSSR count). The average molecular weight is 611 g/mol. The summed E-state index contributed by atoms with van der Waals surface area (Å²) in [6, 6.07) is 2.41. The van der Waals surface area contributed by atoms with Gasteiger partial charge < -0.3 is 19.9 Å². The predicted octanol–water partition coefficient (Wildman–Crippen LogP) is 5.49. The summed E-state index contributed by atoms with van der Waals surface area (Å²) in [6.07, 6.45) is 2.66. The maximum Gasteiger partial charge on any atom is 0.401 e. The molecule has 9 nitrogen and oxygen atoms in total. The molecule has 0 amide bonds. The fourth-order valence-electron chi connectivity index (χ4n) is 4.19. The predicted molar refractivity (Wildman–Crippen MR) is 163 cm³/mol. The molecule has 0 radical (unpaired) electrons. The lowest BCUT2D eigenvalue weighted by atomic mass is 10.2. The molecule has 43 heavy (non-hydrogen) atoms. The number of benzene rings is 1. The minimum absolute atomic E-state index is 0.0367. The monoisotopic (exact) mass is 610 g/mol. The van der Waals surface area contributed by atoms with Crippen molar-refractivity contribution in [1.29, 1.82) is 0 Å². The first-order chi connectivity index (χ1) is 20.5. The highest BCUT2D eigenvalue weighted by Crippen LogP contribution is 2.29. The summed E-state index contributed by atoms with van der Waals surface area (Å²) in [4.78, 5) is 14.2. The van der Waals surface area contributed by atoms with E-state index in [0.717, 1.165) is 6.07 Å². The molecule has 14 heteroatoms. The number of aryl methyl sites for hydroxylation is 1. The van der Waals surface area contributed by atoms with E-state index in [2.05, 4.69) is 44.2 Å². The van der Waals surface area contributed by atoms with E-state index < -0.39 is 24.4 Å². The third-order valence-corrected chi connectivity index (χ3v) is 6.04. The number of fused-ring (bicyclic) bond motifs is 1. The number of nitrogens with one attached hydrogen (secondary N) is 3. The quantitative estimate of drug-likeness (QED) is 0.0972. The Hall–Kier alpha value is -4.20. The molecule has 1 aromatic carbocycles. The number of nitrogens with zero attached hydrogens (tertiary/aromatic N) is 5. The number of hydrogen-bond acceptors (Lipinski definition) is 7. The van der Waals surface area contributed by atoms with Gasteiger partial charge in [0.05, 0.1) is 17.8 Å². The highest BCUT2D eigenvalue weighted by atomic mass is 19.4. The summed E-state index contributed by atoms with van der Waals surface area (Å²) < 4.78 is 73.5. The zero-order valence-electron chi connectivity index (χ0n) is 24.9. The molecule has 1 aliphatic heterocycles. The normalized spacial score (nSPS) is 15.4. The number of amidine groups is 1. The van der Waals surface area contributed by atoms with Crippen LogP contribution in [0.25, 0.3) is 10.9 Å². The Morgan fingerprint density at radius 3 is 2.44 bits per heavy atom. The van der Waals surface area contributed by atoms with E-state index in [0.29, 0.717) is 29.6 Å². The van der Waals surface area contributed by atoms with Gasteiger partial charge in [0, 0.05) is 62.7 Å². The van der Waals surface area contributed by atoms with Crippen LogP contribution in [0, 0.1) is 18.6 Å². The zero-order chi connectivity index (χ0) is 32.0. The Kier molecular flexibility index (Phi) is 13.9. The van der Waals surface area contributed by atoms with Gasteiger partial charge >= 0.3 is 6.18 Å². The Balaban J connectivity index is 0.00000316. The fourth-order valence-corrected chi connectivity index (χ4v) is 4.19. The largest absolute Gasteiger partial charge is 0.468 e. The van der Waals surface area contributed by atoms with Crippen LogP contribution in [0.4, 0.5) is 22.0 Å². The topological polar surface area (TPSA) is 92.6 Å². The number of ether oxygens (including phenoxy) is 1. The second kappa shape index (κ2) is 17.0. The number of H-pyrrole nitrogens is 1. The van der Waals surface area contributed by atoms with E-state index in [1.54, 1.807) is 30.1 Å². The number of rotatable bonds is 12. The molecule has 1 aliphatic rings. The number of aliphatic imine (C=N–C) groups is 2. The molecule has 1 aromatic heterocycles. The van der Waals surface area contributed by atoms with E-state index in [4.69, 9.17) is 4.74 Å². The number of piperazine rings is 1. The molecule has 0 saturated carbocycles. The molecular formula is C29H39F5N8O. The number of hydrazone groups is 1. The Morgan fingerprint density at radius 1 is 1.14 bits per heavy atom. The van der Waals surface area contributed by atoms with Crippen LogP contribution < -0.4 is 15.5 Å². The average Bonchev–Trinajstić information content (AvgIpc) is 3.37. The second-order valence-corrected chi connectivity index (χ2v) is 9.08. The number of alkyl halides is 3. The third kappa shape index (κ3) is 10.9. The van der Waals surface area contributed by atoms with E-state index in [1.807, 2.05) is 26.8 Å². The summed E-state index contributed by atoms with van der Waals surface area (Å²) in [7, 11) is 0. The summed E-state index contributed by atoms with van der Waals surface area (Å²) in [5, 5.41) is 6.76. The minimum Gasteiger partial charge on any atom is -0.468 e. The zero-order valence-corrected chi connectivity index (χ0v) is 24.9. The minimum atomic E-state index is -4.30. The van der Waals surface area contributed by atoms with Crippen molar-refractivity contribution in [3.8, 4) is 5.75 Å². The van der Waals surface area contributed by atoms with Crippen LogP contribution in [-0.2, 0) is 0 Å². The van der Waals surface area contributed by atoms with Gasteiger partial charge in [0.1, 0.15) is 11.7 Å². The van der Waals surface area contributed by atoms with Crippen molar-refractivity contribution in [3.05, 3.63) is 65.3 Å². The van der Waals surface area contributed by atoms with Crippen molar-refractivity contribution in [2.45, 2.75) is 33.9 Å². The maximum atomic E-state index is 15.0. The van der Waals surface area contributed by atoms with Crippen molar-refractivity contribution in [3.63, 3.8) is 0 Å². The first-order valence-electron chi connectivity index (χ1n) is 13.7. The van der Waals surface area contributed by atoms with E-state index in [9.17, 15) is 22.0 Å². The van der Waals surface area contributed by atoms with Crippen LogP contribution >= 0.6 is 0 Å². The SMILES string of the molecule is C=NNC(=C\CN/C(=C/C(=N\COc1cc(F)c2[nH]c(C)cc2c1F)N1CCN(CC(F)(F)F)CC1)N=C)/C=C/C.CC. The fraction of sp³-hybridized carbons (Fsp3) is 0.414. The summed E-state index contributed by atoms with van der Waals surface area (Å²) in [5.41, 5.74) is 4.05. The highest BCUT2D eigenvalue weighted by Gasteiger charge is 2.32. The Morgan fingerprint density at radius 2 is 1.84 bits per heavy atom. The van der Waals surface area contributed by atoms with Crippen molar-refractivity contribution >= 4 is 30.2 Å². The van der Waals surface area contributed by atoms with E-state index in [-0.39, 0.29) is 49.6 Å². The first kappa shape index (κ1) is 35.0. The van der Waals surface area contributed by atoms with Crippen LogP contribution in [0.15, 0.2) is 63.0 Å². The van der Waals surface area contributed by atoms with Gasteiger partial charge in [-0.1, -0.05) is 19.9 Å². The van der Waals surface area contributed by atoms with Gasteiger partial charge in [-0.05, 0) is 38.8 Å². The van der Waals surface area contributed by atoms with Crippen LogP contribution in [-0.4, -0.2) is 86.2 Å². The number of aromatic amines is 1. The van der Waals surface area contributed by atoms with Gasteiger partial charge in [-0.3, -0.25) is 10.3 Å². The molecule has 1 fully saturated rings. The van der Waals surface area contributed by atoms with Gasteiger partial charge in [-0.25, -0.2) is 18.8 Å². The van der Waals surface area contributed by atoms with Gasteiger partial charge in [0.15, 0.2) is 24.1 Å². The van der Waals surface area contributed by atoms with Crippen molar-refractivity contribution < 1.29 is 26.7 Å². The molecule has 0 bridgehead atoms. The summed E-state index contributed by atoms with van der Waals surface area (Å²) >= 11 is 0. The Bertz CT molecular complexity index is 1340. The van der Waals surface area contributed by atoms with Crippen LogP contribution in [0.3, 0.4) is 0 Å². The summed E-state index contributed by atoms with van der Waals surface area (Å²) in [6.45, 7) is 14.2. The molecule has 3 N–H and O–H groups in total. The molecule has 2 aromatic rings. The van der Waals surface area contributed by atoms with Crippen LogP contribution in [0.5, 0.6) is 5.75 Å². The second-order valence-electron chi connectivity index (χ2n) is 9.08. The van der Waals surface area contributed by atoms with Gasteiger partial charge in [-0.2, -0.15) is 18.3 Å². The molecular weight excluding hydrogens is 571 g/mol. The lowest BCUT2D eigenvalue weighted by Crippen LogP contribution is -2.50. The highest BCUT2D eigenvalue weighted by molar-refractivity contribution is 5.93. The molecule has 0 atom stereocenters.